The lowest BCUT2D eigenvalue weighted by Crippen LogP contribution is -1.97. The van der Waals surface area contributed by atoms with Gasteiger partial charge in [0.1, 0.15) is 5.82 Å². The summed E-state index contributed by atoms with van der Waals surface area (Å²) >= 11 is 0. The predicted octanol–water partition coefficient (Wildman–Crippen LogP) is 2.04. The van der Waals surface area contributed by atoms with Crippen LogP contribution in [-0.4, -0.2) is 4.98 Å². The molecule has 0 radical (unpaired) electrons. The second-order valence-electron chi connectivity index (χ2n) is 2.92. The van der Waals surface area contributed by atoms with Gasteiger partial charge in [-0.25, -0.2) is 13.2 Å². The number of nitrogens with two attached hydrogens (primary N) is 1. The summed E-state index contributed by atoms with van der Waals surface area (Å²) in [6.45, 7) is 0.0276. The van der Waals surface area contributed by atoms with E-state index in [1.54, 1.807) is 0 Å². The van der Waals surface area contributed by atoms with Gasteiger partial charge in [0.15, 0.2) is 11.6 Å². The lowest BCUT2D eigenvalue weighted by molar-refractivity contribution is 0.505. The summed E-state index contributed by atoms with van der Waals surface area (Å²) in [6, 6.07) is 0.508. The number of aromatic nitrogens is 1. The number of rotatable bonds is 1. The number of hydrogen-bond donors (Lipinski definition) is 2. The van der Waals surface area contributed by atoms with E-state index in [-0.39, 0.29) is 17.4 Å². The van der Waals surface area contributed by atoms with Crippen LogP contribution in [0.4, 0.5) is 13.2 Å². The molecule has 1 aromatic heterocycles. The van der Waals surface area contributed by atoms with Crippen molar-refractivity contribution in [1.82, 2.24) is 4.98 Å². The van der Waals surface area contributed by atoms with E-state index in [1.807, 2.05) is 0 Å². The normalized spacial score (nSPS) is 11.1. The number of benzene rings is 1. The molecule has 0 bridgehead atoms. The Morgan fingerprint density at radius 2 is 1.93 bits per heavy atom. The third-order valence-corrected chi connectivity index (χ3v) is 2.10. The first kappa shape index (κ1) is 9.08. The second-order valence-corrected chi connectivity index (χ2v) is 2.92. The van der Waals surface area contributed by atoms with E-state index >= 15 is 0 Å². The van der Waals surface area contributed by atoms with Gasteiger partial charge in [0.25, 0.3) is 0 Å². The van der Waals surface area contributed by atoms with Gasteiger partial charge in [-0.2, -0.15) is 0 Å². The van der Waals surface area contributed by atoms with Gasteiger partial charge in [-0.1, -0.05) is 0 Å². The first-order valence-electron chi connectivity index (χ1n) is 3.98. The van der Waals surface area contributed by atoms with Crippen molar-refractivity contribution in [3.05, 3.63) is 35.3 Å². The van der Waals surface area contributed by atoms with E-state index in [0.717, 1.165) is 0 Å². The molecule has 1 heterocycles. The van der Waals surface area contributed by atoms with Crippen LogP contribution in [0.3, 0.4) is 0 Å². The zero-order valence-electron chi connectivity index (χ0n) is 7.07. The van der Waals surface area contributed by atoms with Gasteiger partial charge in [0.2, 0.25) is 0 Å². The maximum Gasteiger partial charge on any atom is 0.168 e. The summed E-state index contributed by atoms with van der Waals surface area (Å²) in [4.78, 5) is 2.51. The zero-order chi connectivity index (χ0) is 10.3. The fourth-order valence-corrected chi connectivity index (χ4v) is 1.43. The topological polar surface area (TPSA) is 41.8 Å². The molecular formula is C9H7F3N2. The van der Waals surface area contributed by atoms with Crippen LogP contribution in [-0.2, 0) is 6.54 Å². The minimum atomic E-state index is -1.20. The lowest BCUT2D eigenvalue weighted by Gasteiger charge is -1.99. The Morgan fingerprint density at radius 1 is 1.21 bits per heavy atom. The third-order valence-electron chi connectivity index (χ3n) is 2.10. The highest BCUT2D eigenvalue weighted by molar-refractivity contribution is 5.84. The van der Waals surface area contributed by atoms with Crippen molar-refractivity contribution in [2.24, 2.45) is 5.73 Å². The number of aromatic amines is 1. The van der Waals surface area contributed by atoms with Gasteiger partial charge in [-0.15, -0.1) is 0 Å². The Hall–Kier alpha value is -1.49. The van der Waals surface area contributed by atoms with Gasteiger partial charge in [-0.3, -0.25) is 0 Å². The second kappa shape index (κ2) is 3.02. The molecule has 1 aromatic carbocycles. The number of halogens is 3. The third kappa shape index (κ3) is 1.09. The molecule has 2 nitrogen and oxygen atoms in total. The first-order valence-corrected chi connectivity index (χ1v) is 3.98. The van der Waals surface area contributed by atoms with Crippen LogP contribution in [0.5, 0.6) is 0 Å². The molecule has 0 saturated carbocycles. The van der Waals surface area contributed by atoms with Crippen molar-refractivity contribution < 1.29 is 13.2 Å². The monoisotopic (exact) mass is 200 g/mol. The molecule has 3 N–H and O–H groups in total. The molecule has 0 atom stereocenters. The summed E-state index contributed by atoms with van der Waals surface area (Å²) in [5, 5.41) is -0.106. The molecule has 0 fully saturated rings. The van der Waals surface area contributed by atoms with Crippen LogP contribution in [0.25, 0.3) is 10.9 Å². The predicted molar refractivity (Wildman–Crippen MR) is 46.1 cm³/mol. The molecule has 0 spiro atoms. The van der Waals surface area contributed by atoms with E-state index in [2.05, 4.69) is 4.98 Å². The summed E-state index contributed by atoms with van der Waals surface area (Å²) in [5.41, 5.74) is 5.60. The zero-order valence-corrected chi connectivity index (χ0v) is 7.07. The highest BCUT2D eigenvalue weighted by Gasteiger charge is 2.16. The molecular weight excluding hydrogens is 193 g/mol. The van der Waals surface area contributed by atoms with Crippen molar-refractivity contribution in [2.45, 2.75) is 6.54 Å². The first-order chi connectivity index (χ1) is 6.65. The van der Waals surface area contributed by atoms with E-state index in [4.69, 9.17) is 5.73 Å². The average Bonchev–Trinajstić information content (AvgIpc) is 2.58. The van der Waals surface area contributed by atoms with E-state index < -0.39 is 17.5 Å². The lowest BCUT2D eigenvalue weighted by atomic mass is 10.1. The van der Waals surface area contributed by atoms with Crippen LogP contribution in [0.15, 0.2) is 12.3 Å². The Labute approximate surface area is 77.5 Å². The van der Waals surface area contributed by atoms with Gasteiger partial charge in [0.05, 0.1) is 5.52 Å². The van der Waals surface area contributed by atoms with Crippen molar-refractivity contribution in [3.8, 4) is 0 Å². The van der Waals surface area contributed by atoms with Crippen LogP contribution in [0.2, 0.25) is 0 Å². The Morgan fingerprint density at radius 3 is 2.57 bits per heavy atom. The van der Waals surface area contributed by atoms with Gasteiger partial charge < -0.3 is 10.7 Å². The van der Waals surface area contributed by atoms with Gasteiger partial charge >= 0.3 is 0 Å². The molecule has 2 rings (SSSR count). The fourth-order valence-electron chi connectivity index (χ4n) is 1.43. The fraction of sp³-hybridized carbons (Fsp3) is 0.111. The summed E-state index contributed by atoms with van der Waals surface area (Å²) in [6.07, 6.45) is 1.37. The van der Waals surface area contributed by atoms with Crippen molar-refractivity contribution in [3.63, 3.8) is 0 Å². The molecule has 5 heteroatoms. The molecule has 74 valence electrons. The molecule has 2 aromatic rings. The largest absolute Gasteiger partial charge is 0.358 e. The van der Waals surface area contributed by atoms with Crippen LogP contribution >= 0.6 is 0 Å². The number of fused-ring (bicyclic) bond motifs is 1. The number of hydrogen-bond acceptors (Lipinski definition) is 1. The van der Waals surface area contributed by atoms with E-state index in [0.29, 0.717) is 11.6 Å². The SMILES string of the molecule is NCc1c[nH]c2c(F)cc(F)c(F)c12. The summed E-state index contributed by atoms with van der Waals surface area (Å²) < 4.78 is 39.2. The summed E-state index contributed by atoms with van der Waals surface area (Å²) in [5.74, 6) is -3.09. The minimum Gasteiger partial charge on any atom is -0.358 e. The summed E-state index contributed by atoms with van der Waals surface area (Å²) in [7, 11) is 0. The van der Waals surface area contributed by atoms with Gasteiger partial charge in [-0.05, 0) is 5.56 Å². The Balaban J connectivity index is 2.92. The molecule has 0 amide bonds. The Kier molecular flexibility index (Phi) is 1.96. The van der Waals surface area contributed by atoms with Gasteiger partial charge in [0, 0.05) is 24.2 Å². The standard InChI is InChI=1S/C9H7F3N2/c10-5-1-6(11)9-7(8(5)12)4(2-13)3-14-9/h1,3,14H,2,13H2. The molecule has 0 saturated heterocycles. The Bertz CT molecular complexity index is 490. The highest BCUT2D eigenvalue weighted by atomic mass is 19.2. The van der Waals surface area contributed by atoms with Crippen molar-refractivity contribution in [1.29, 1.82) is 0 Å². The minimum absolute atomic E-state index is 0.0276. The van der Waals surface area contributed by atoms with Crippen molar-refractivity contribution in [2.75, 3.05) is 0 Å². The molecule has 0 aliphatic rings. The smallest absolute Gasteiger partial charge is 0.168 e. The van der Waals surface area contributed by atoms with E-state index in [9.17, 15) is 13.2 Å². The number of H-pyrrole nitrogens is 1. The van der Waals surface area contributed by atoms with Crippen LogP contribution in [0.1, 0.15) is 5.56 Å². The average molecular weight is 200 g/mol. The van der Waals surface area contributed by atoms with Crippen LogP contribution in [0, 0.1) is 17.5 Å². The molecule has 0 aliphatic carbocycles. The quantitative estimate of drug-likeness (QED) is 0.679. The maximum absolute atomic E-state index is 13.2. The maximum atomic E-state index is 13.2. The number of nitrogens with one attached hydrogen (secondary N) is 1. The van der Waals surface area contributed by atoms with Crippen molar-refractivity contribution >= 4 is 10.9 Å². The molecule has 0 unspecified atom stereocenters. The van der Waals surface area contributed by atoms with E-state index in [1.165, 1.54) is 6.20 Å². The molecule has 14 heavy (non-hydrogen) atoms. The van der Waals surface area contributed by atoms with Crippen LogP contribution < -0.4 is 5.73 Å². The highest BCUT2D eigenvalue weighted by Crippen LogP contribution is 2.25. The molecule has 0 aliphatic heterocycles.